The molecule has 0 saturated carbocycles. The number of pyridine rings is 1. The van der Waals surface area contributed by atoms with Crippen LogP contribution in [0, 0.1) is 0 Å². The van der Waals surface area contributed by atoms with Gasteiger partial charge in [-0.1, -0.05) is 12.1 Å². The summed E-state index contributed by atoms with van der Waals surface area (Å²) < 4.78 is 3.12. The molecule has 2 atom stereocenters. The highest BCUT2D eigenvalue weighted by Gasteiger charge is 2.41. The Morgan fingerprint density at radius 3 is 2.67 bits per heavy atom. The topological polar surface area (TPSA) is 125 Å². The maximum absolute atomic E-state index is 13.3. The molecule has 5 heterocycles. The minimum atomic E-state index is -1.16. The maximum Gasteiger partial charge on any atom is 0.278 e. The van der Waals surface area contributed by atoms with Gasteiger partial charge in [0.1, 0.15) is 11.0 Å². The lowest BCUT2D eigenvalue weighted by molar-refractivity contribution is 0.0738. The molecule has 2 aliphatic heterocycles. The number of piperazine rings is 1. The molecule has 40 heavy (non-hydrogen) atoms. The largest absolute Gasteiger partial charge is 0.392 e. The highest BCUT2D eigenvalue weighted by molar-refractivity contribution is 5.77. The molecule has 0 amide bonds. The fourth-order valence-corrected chi connectivity index (χ4v) is 5.85. The summed E-state index contributed by atoms with van der Waals surface area (Å²) in [6, 6.07) is 12.2. The Hall–Kier alpha value is -4.06. The van der Waals surface area contributed by atoms with Crippen molar-refractivity contribution in [2.24, 2.45) is 0 Å². The zero-order valence-corrected chi connectivity index (χ0v) is 22.9. The van der Waals surface area contributed by atoms with Crippen molar-refractivity contribution in [3.63, 3.8) is 0 Å². The van der Waals surface area contributed by atoms with Crippen molar-refractivity contribution in [3.05, 3.63) is 76.9 Å². The molecule has 4 aromatic rings. The molecule has 2 aliphatic rings. The molecule has 3 aromatic heterocycles. The van der Waals surface area contributed by atoms with E-state index in [1.165, 1.54) is 10.9 Å². The third-order valence-electron chi connectivity index (χ3n) is 7.89. The summed E-state index contributed by atoms with van der Waals surface area (Å²) in [5, 5.41) is 24.3. The predicted octanol–water partition coefficient (Wildman–Crippen LogP) is 2.52. The van der Waals surface area contributed by atoms with E-state index >= 15 is 0 Å². The highest BCUT2D eigenvalue weighted by Crippen LogP contribution is 2.36. The Bertz CT molecular complexity index is 1650. The van der Waals surface area contributed by atoms with E-state index in [-0.39, 0.29) is 18.7 Å². The molecule has 11 nitrogen and oxygen atoms in total. The molecule has 0 aliphatic carbocycles. The number of aromatic nitrogens is 5. The number of rotatable bonds is 8. The molecule has 11 heteroatoms. The molecule has 6 rings (SSSR count). The minimum Gasteiger partial charge on any atom is -0.392 e. The summed E-state index contributed by atoms with van der Waals surface area (Å²) in [5.74, 6) is 0.741. The van der Waals surface area contributed by atoms with Crippen molar-refractivity contribution < 1.29 is 10.2 Å². The first-order chi connectivity index (χ1) is 19.2. The SMILES string of the molecule is C=CCn1c(=O)c2cnc(Nc3ccc(N4C[C@@H]5C[C@H]4CN5C)c(CO)c3)nc2n1-c1cccc(C(C)(C)O)n1. The van der Waals surface area contributed by atoms with Gasteiger partial charge in [-0.3, -0.25) is 9.69 Å². The quantitative estimate of drug-likeness (QED) is 0.288. The van der Waals surface area contributed by atoms with E-state index in [9.17, 15) is 15.0 Å². The Morgan fingerprint density at radius 1 is 1.18 bits per heavy atom. The Balaban J connectivity index is 1.37. The van der Waals surface area contributed by atoms with Crippen LogP contribution in [0.25, 0.3) is 16.9 Å². The lowest BCUT2D eigenvalue weighted by Gasteiger charge is -2.34. The van der Waals surface area contributed by atoms with Gasteiger partial charge < -0.3 is 20.4 Å². The van der Waals surface area contributed by atoms with E-state index < -0.39 is 5.60 Å². The zero-order valence-electron chi connectivity index (χ0n) is 22.9. The van der Waals surface area contributed by atoms with Gasteiger partial charge in [-0.15, -0.1) is 6.58 Å². The molecule has 208 valence electrons. The summed E-state index contributed by atoms with van der Waals surface area (Å²) in [5.41, 5.74) is 2.03. The van der Waals surface area contributed by atoms with E-state index in [1.54, 1.807) is 42.8 Å². The van der Waals surface area contributed by atoms with Crippen LogP contribution in [-0.2, 0) is 18.8 Å². The second-order valence-corrected chi connectivity index (χ2v) is 11.1. The van der Waals surface area contributed by atoms with Crippen LogP contribution in [-0.4, -0.2) is 71.6 Å². The summed E-state index contributed by atoms with van der Waals surface area (Å²) in [4.78, 5) is 31.8. The Labute approximate surface area is 232 Å². The van der Waals surface area contributed by atoms with Crippen molar-refractivity contribution >= 4 is 28.4 Å². The number of benzene rings is 1. The van der Waals surface area contributed by atoms with Gasteiger partial charge in [0, 0.05) is 48.3 Å². The summed E-state index contributed by atoms with van der Waals surface area (Å²) in [7, 11) is 2.17. The van der Waals surface area contributed by atoms with E-state index in [2.05, 4.69) is 38.7 Å². The fourth-order valence-electron chi connectivity index (χ4n) is 5.85. The average Bonchev–Trinajstić information content (AvgIpc) is 3.59. The van der Waals surface area contributed by atoms with Crippen LogP contribution in [0.1, 0.15) is 31.5 Å². The van der Waals surface area contributed by atoms with Gasteiger partial charge in [0.25, 0.3) is 5.56 Å². The first-order valence-electron chi connectivity index (χ1n) is 13.5. The molecule has 3 N–H and O–H groups in total. The lowest BCUT2D eigenvalue weighted by atomic mass is 10.1. The van der Waals surface area contributed by atoms with E-state index in [0.717, 1.165) is 36.4 Å². The van der Waals surface area contributed by atoms with Gasteiger partial charge in [-0.25, -0.2) is 19.3 Å². The smallest absolute Gasteiger partial charge is 0.278 e. The van der Waals surface area contributed by atoms with Crippen LogP contribution in [0.3, 0.4) is 0 Å². The third kappa shape index (κ3) is 4.45. The normalized spacial score (nSPS) is 19.1. The number of nitrogens with zero attached hydrogens (tertiary/aromatic N) is 7. The van der Waals surface area contributed by atoms with Crippen LogP contribution in [0.15, 0.2) is 60.0 Å². The molecule has 0 unspecified atom stereocenters. The van der Waals surface area contributed by atoms with Crippen LogP contribution in [0.4, 0.5) is 17.3 Å². The van der Waals surface area contributed by atoms with Gasteiger partial charge in [-0.05, 0) is 57.6 Å². The monoisotopic (exact) mass is 542 g/mol. The van der Waals surface area contributed by atoms with E-state index in [4.69, 9.17) is 4.98 Å². The van der Waals surface area contributed by atoms with Crippen molar-refractivity contribution in [2.75, 3.05) is 30.4 Å². The average molecular weight is 543 g/mol. The second kappa shape index (κ2) is 9.84. The number of hydrogen-bond acceptors (Lipinski definition) is 9. The van der Waals surface area contributed by atoms with E-state index in [0.29, 0.717) is 40.6 Å². The number of hydrogen-bond donors (Lipinski definition) is 3. The number of aliphatic hydroxyl groups is 2. The zero-order chi connectivity index (χ0) is 28.2. The lowest BCUT2D eigenvalue weighted by Crippen LogP contribution is -2.44. The second-order valence-electron chi connectivity index (χ2n) is 11.1. The number of nitrogens with one attached hydrogen (secondary N) is 1. The molecule has 2 fully saturated rings. The molecule has 2 bridgehead atoms. The number of likely N-dealkylation sites (N-methyl/N-ethyl adjacent to an activating group) is 1. The third-order valence-corrected chi connectivity index (χ3v) is 7.89. The predicted molar refractivity (Wildman–Crippen MR) is 154 cm³/mol. The molecule has 0 spiro atoms. The van der Waals surface area contributed by atoms with Gasteiger partial charge in [-0.2, -0.15) is 4.98 Å². The maximum atomic E-state index is 13.3. The van der Waals surface area contributed by atoms with Crippen LogP contribution in [0.5, 0.6) is 0 Å². The van der Waals surface area contributed by atoms with Crippen LogP contribution >= 0.6 is 0 Å². The molecular weight excluding hydrogens is 508 g/mol. The Kier molecular flexibility index (Phi) is 6.44. The van der Waals surface area contributed by atoms with Crippen LogP contribution < -0.4 is 15.8 Å². The van der Waals surface area contributed by atoms with E-state index in [1.807, 2.05) is 18.2 Å². The van der Waals surface area contributed by atoms with Crippen molar-refractivity contribution in [1.29, 1.82) is 0 Å². The summed E-state index contributed by atoms with van der Waals surface area (Å²) in [6.45, 7) is 9.26. The standard InChI is InChI=1S/C29H34N8O3/c1-5-11-36-27(39)22-14-30-28(33-26(22)37(36)25-8-6-7-24(32-25)29(2,3)40)31-19-9-10-23(18(12-19)17-38)35-16-20-13-21(35)15-34(20)4/h5-10,12,14,20-21,38,40H,1,11,13,15-17H2,2-4H3,(H,30,31,33)/t20-,21-/m0/s1. The number of fused-ring (bicyclic) bond motifs is 3. The number of allylic oxidation sites excluding steroid dienone is 1. The number of aliphatic hydroxyl groups excluding tert-OH is 1. The first-order valence-corrected chi connectivity index (χ1v) is 13.5. The van der Waals surface area contributed by atoms with Crippen molar-refractivity contribution in [2.45, 2.75) is 51.1 Å². The highest BCUT2D eigenvalue weighted by atomic mass is 16.3. The fraction of sp³-hybridized carbons (Fsp3) is 0.379. The number of anilines is 3. The first kappa shape index (κ1) is 26.2. The number of likely N-dealkylation sites (tertiary alicyclic amines) is 1. The molecule has 2 saturated heterocycles. The van der Waals surface area contributed by atoms with Gasteiger partial charge >= 0.3 is 0 Å². The summed E-state index contributed by atoms with van der Waals surface area (Å²) in [6.07, 6.45) is 4.28. The minimum absolute atomic E-state index is 0.0817. The van der Waals surface area contributed by atoms with Gasteiger partial charge in [0.05, 0.1) is 18.8 Å². The van der Waals surface area contributed by atoms with Crippen LogP contribution in [0.2, 0.25) is 0 Å². The molecular formula is C29H34N8O3. The van der Waals surface area contributed by atoms with Crippen molar-refractivity contribution in [3.8, 4) is 5.82 Å². The molecule has 0 radical (unpaired) electrons. The van der Waals surface area contributed by atoms with Gasteiger partial charge in [0.15, 0.2) is 11.5 Å². The van der Waals surface area contributed by atoms with Gasteiger partial charge in [0.2, 0.25) is 5.95 Å². The Morgan fingerprint density at radius 2 is 2.00 bits per heavy atom. The molecule has 1 aromatic carbocycles. The van der Waals surface area contributed by atoms with Crippen molar-refractivity contribution in [1.82, 2.24) is 29.2 Å². The summed E-state index contributed by atoms with van der Waals surface area (Å²) >= 11 is 0.